The first kappa shape index (κ1) is 22.6. The van der Waals surface area contributed by atoms with Crippen LogP contribution in [0.5, 0.6) is 0 Å². The van der Waals surface area contributed by atoms with Gasteiger partial charge in [-0.3, -0.25) is 14.4 Å². The Bertz CT molecular complexity index is 896. The van der Waals surface area contributed by atoms with Gasteiger partial charge in [0.1, 0.15) is 6.04 Å². The van der Waals surface area contributed by atoms with Crippen molar-refractivity contribution in [2.24, 2.45) is 5.73 Å². The van der Waals surface area contributed by atoms with E-state index in [1.807, 2.05) is 6.07 Å². The Hall–Kier alpha value is -3.70. The zero-order valence-electron chi connectivity index (χ0n) is 16.3. The molecule has 2 aromatic rings. The van der Waals surface area contributed by atoms with Crippen molar-refractivity contribution in [1.82, 2.24) is 10.6 Å². The van der Waals surface area contributed by atoms with E-state index in [-0.39, 0.29) is 12.8 Å². The van der Waals surface area contributed by atoms with E-state index in [4.69, 9.17) is 11.0 Å². The Morgan fingerprint density at radius 2 is 1.60 bits per heavy atom. The number of carbonyl (C=O) groups is 3. The van der Waals surface area contributed by atoms with Crippen LogP contribution < -0.4 is 16.4 Å². The minimum Gasteiger partial charge on any atom is -0.381 e. The summed E-state index contributed by atoms with van der Waals surface area (Å²) in [5.74, 6) is -2.08. The highest BCUT2D eigenvalue weighted by Crippen LogP contribution is 2.18. The lowest BCUT2D eigenvalue weighted by Gasteiger charge is -2.25. The van der Waals surface area contributed by atoms with Crippen molar-refractivity contribution in [2.75, 3.05) is 0 Å². The number of benzene rings is 2. The van der Waals surface area contributed by atoms with Gasteiger partial charge >= 0.3 is 0 Å². The number of rotatable bonds is 10. The average molecular weight is 408 g/mol. The van der Waals surface area contributed by atoms with Crippen molar-refractivity contribution >= 4 is 17.7 Å². The Balaban J connectivity index is 2.18. The van der Waals surface area contributed by atoms with Gasteiger partial charge in [-0.05, 0) is 30.5 Å². The Morgan fingerprint density at radius 1 is 1.00 bits per heavy atom. The average Bonchev–Trinajstić information content (AvgIpc) is 2.77. The standard InChI is InChI=1S/C22H24N4O4/c23-14-8-7-13-17(20(24)28)25-22(30)19(27)18(15-9-3-1-4-10-15)26-21(29)16-11-5-2-6-12-16/h1-6,9-12,17-19,27H,7-8,13H2,(H2,24,28)(H,25,30)(H,26,29)/t17-,18-,19+/m0/s1. The number of hydrogen-bond donors (Lipinski definition) is 4. The molecule has 0 fully saturated rings. The van der Waals surface area contributed by atoms with Crippen molar-refractivity contribution in [2.45, 2.75) is 37.5 Å². The molecule has 0 spiro atoms. The molecule has 8 heteroatoms. The number of aliphatic hydroxyl groups is 1. The molecule has 0 aliphatic heterocycles. The number of nitrogens with zero attached hydrogens (tertiary/aromatic N) is 1. The summed E-state index contributed by atoms with van der Waals surface area (Å²) in [7, 11) is 0. The highest BCUT2D eigenvalue weighted by Gasteiger charge is 2.31. The number of aliphatic hydroxyl groups excluding tert-OH is 1. The monoisotopic (exact) mass is 408 g/mol. The van der Waals surface area contributed by atoms with Gasteiger partial charge in [-0.15, -0.1) is 0 Å². The zero-order chi connectivity index (χ0) is 21.9. The summed E-state index contributed by atoms with van der Waals surface area (Å²) < 4.78 is 0. The van der Waals surface area contributed by atoms with Gasteiger partial charge in [-0.25, -0.2) is 0 Å². The van der Waals surface area contributed by atoms with E-state index >= 15 is 0 Å². The number of hydrogen-bond acceptors (Lipinski definition) is 5. The minimum atomic E-state index is -1.67. The number of nitrogens with two attached hydrogens (primary N) is 1. The smallest absolute Gasteiger partial charge is 0.252 e. The van der Waals surface area contributed by atoms with Crippen molar-refractivity contribution in [3.8, 4) is 6.07 Å². The molecule has 156 valence electrons. The van der Waals surface area contributed by atoms with Crippen LogP contribution in [-0.2, 0) is 9.59 Å². The molecule has 0 aromatic heterocycles. The second-order valence-electron chi connectivity index (χ2n) is 6.69. The van der Waals surface area contributed by atoms with E-state index in [0.717, 1.165) is 0 Å². The van der Waals surface area contributed by atoms with E-state index in [1.54, 1.807) is 60.7 Å². The summed E-state index contributed by atoms with van der Waals surface area (Å²) in [4.78, 5) is 36.9. The fourth-order valence-corrected chi connectivity index (χ4v) is 2.90. The van der Waals surface area contributed by atoms with Crippen LogP contribution in [0.2, 0.25) is 0 Å². The SMILES string of the molecule is N#CCCC[C@H](NC(=O)[C@H](O)[C@@H](NC(=O)c1ccccc1)c1ccccc1)C(N)=O. The van der Waals surface area contributed by atoms with E-state index in [1.165, 1.54) is 0 Å². The Kier molecular flexibility index (Phi) is 8.54. The molecule has 0 saturated carbocycles. The summed E-state index contributed by atoms with van der Waals surface area (Å²) in [5.41, 5.74) is 6.21. The third-order valence-electron chi connectivity index (χ3n) is 4.51. The third kappa shape index (κ3) is 6.43. The van der Waals surface area contributed by atoms with E-state index in [0.29, 0.717) is 17.5 Å². The number of nitriles is 1. The van der Waals surface area contributed by atoms with Gasteiger partial charge in [-0.2, -0.15) is 5.26 Å². The molecule has 2 aromatic carbocycles. The maximum absolute atomic E-state index is 12.6. The highest BCUT2D eigenvalue weighted by molar-refractivity contribution is 5.95. The molecule has 0 radical (unpaired) electrons. The van der Waals surface area contributed by atoms with Crippen LogP contribution >= 0.6 is 0 Å². The summed E-state index contributed by atoms with van der Waals surface area (Å²) in [5, 5.41) is 24.4. The lowest BCUT2D eigenvalue weighted by Crippen LogP contribution is -2.51. The predicted molar refractivity (Wildman–Crippen MR) is 110 cm³/mol. The fourth-order valence-electron chi connectivity index (χ4n) is 2.90. The molecular weight excluding hydrogens is 384 g/mol. The first-order valence-corrected chi connectivity index (χ1v) is 9.49. The maximum atomic E-state index is 12.6. The van der Waals surface area contributed by atoms with Gasteiger partial charge in [0.15, 0.2) is 6.10 Å². The minimum absolute atomic E-state index is 0.174. The zero-order valence-corrected chi connectivity index (χ0v) is 16.3. The van der Waals surface area contributed by atoms with Crippen LogP contribution in [0.15, 0.2) is 60.7 Å². The number of unbranched alkanes of at least 4 members (excludes halogenated alkanes) is 1. The van der Waals surface area contributed by atoms with Crippen LogP contribution in [0.4, 0.5) is 0 Å². The fraction of sp³-hybridized carbons (Fsp3) is 0.273. The molecule has 30 heavy (non-hydrogen) atoms. The summed E-state index contributed by atoms with van der Waals surface area (Å²) >= 11 is 0. The van der Waals surface area contributed by atoms with Crippen LogP contribution in [0, 0.1) is 11.3 Å². The maximum Gasteiger partial charge on any atom is 0.252 e. The second-order valence-corrected chi connectivity index (χ2v) is 6.69. The first-order valence-electron chi connectivity index (χ1n) is 9.49. The number of carbonyl (C=O) groups excluding carboxylic acids is 3. The molecular formula is C22H24N4O4. The van der Waals surface area contributed by atoms with Gasteiger partial charge in [0.25, 0.3) is 11.8 Å². The molecule has 0 aliphatic carbocycles. The van der Waals surface area contributed by atoms with Crippen LogP contribution in [0.25, 0.3) is 0 Å². The lowest BCUT2D eigenvalue weighted by atomic mass is 9.99. The summed E-state index contributed by atoms with van der Waals surface area (Å²) in [6.07, 6.45) is -0.916. The Morgan fingerprint density at radius 3 is 2.17 bits per heavy atom. The summed E-state index contributed by atoms with van der Waals surface area (Å²) in [6, 6.07) is 16.8. The van der Waals surface area contributed by atoms with Crippen LogP contribution in [0.3, 0.4) is 0 Å². The molecule has 2 rings (SSSR count). The van der Waals surface area contributed by atoms with E-state index in [2.05, 4.69) is 10.6 Å². The van der Waals surface area contributed by atoms with Gasteiger partial charge in [0.2, 0.25) is 5.91 Å². The molecule has 0 bridgehead atoms. The molecule has 3 amide bonds. The largest absolute Gasteiger partial charge is 0.381 e. The molecule has 0 aliphatic rings. The van der Waals surface area contributed by atoms with Crippen LogP contribution in [0.1, 0.15) is 41.2 Å². The normalized spacial score (nSPS) is 13.3. The van der Waals surface area contributed by atoms with Crippen molar-refractivity contribution in [3.05, 3.63) is 71.8 Å². The quantitative estimate of drug-likeness (QED) is 0.436. The van der Waals surface area contributed by atoms with Gasteiger partial charge in [-0.1, -0.05) is 48.5 Å². The second kappa shape index (κ2) is 11.3. The highest BCUT2D eigenvalue weighted by atomic mass is 16.3. The van der Waals surface area contributed by atoms with Crippen molar-refractivity contribution in [3.63, 3.8) is 0 Å². The number of nitrogens with one attached hydrogen (secondary N) is 2. The predicted octanol–water partition coefficient (Wildman–Crippen LogP) is 1.18. The molecule has 0 saturated heterocycles. The lowest BCUT2D eigenvalue weighted by molar-refractivity contribution is -0.134. The topological polar surface area (TPSA) is 145 Å². The van der Waals surface area contributed by atoms with Crippen LogP contribution in [-0.4, -0.2) is 35.0 Å². The van der Waals surface area contributed by atoms with Crippen molar-refractivity contribution < 1.29 is 19.5 Å². The van der Waals surface area contributed by atoms with E-state index < -0.39 is 35.9 Å². The molecule has 3 atom stereocenters. The number of primary amides is 1. The van der Waals surface area contributed by atoms with Gasteiger partial charge in [0, 0.05) is 12.0 Å². The first-order chi connectivity index (χ1) is 14.4. The van der Waals surface area contributed by atoms with E-state index in [9.17, 15) is 19.5 Å². The Labute approximate surface area is 174 Å². The molecule has 0 heterocycles. The van der Waals surface area contributed by atoms with Gasteiger partial charge in [0.05, 0.1) is 12.1 Å². The third-order valence-corrected chi connectivity index (χ3v) is 4.51. The molecule has 8 nitrogen and oxygen atoms in total. The molecule has 5 N–H and O–H groups in total. The molecule has 0 unspecified atom stereocenters. The van der Waals surface area contributed by atoms with Gasteiger partial charge < -0.3 is 21.5 Å². The van der Waals surface area contributed by atoms with Crippen molar-refractivity contribution in [1.29, 1.82) is 5.26 Å². The summed E-state index contributed by atoms with van der Waals surface area (Å²) in [6.45, 7) is 0. The number of amides is 3.